The van der Waals surface area contributed by atoms with Gasteiger partial charge in [-0.25, -0.2) is 0 Å². The minimum Gasteiger partial charge on any atom is -0.502 e. The van der Waals surface area contributed by atoms with Crippen molar-refractivity contribution in [2.24, 2.45) is 0 Å². The van der Waals surface area contributed by atoms with Crippen molar-refractivity contribution in [3.8, 4) is 5.75 Å². The lowest BCUT2D eigenvalue weighted by Gasteiger charge is -2.03. The lowest BCUT2D eigenvalue weighted by molar-refractivity contribution is -0.386. The van der Waals surface area contributed by atoms with Gasteiger partial charge in [0.1, 0.15) is 0 Å². The molecule has 8 nitrogen and oxygen atoms in total. The van der Waals surface area contributed by atoms with Gasteiger partial charge in [-0.3, -0.25) is 10.1 Å². The molecule has 86 valence electrons. The van der Waals surface area contributed by atoms with E-state index in [4.69, 9.17) is 10.00 Å². The van der Waals surface area contributed by atoms with Crippen LogP contribution in [0, 0.1) is 10.1 Å². The topological polar surface area (TPSA) is 130 Å². The van der Waals surface area contributed by atoms with Crippen molar-refractivity contribution >= 4 is 13.9 Å². The minimum absolute atomic E-state index is 0.109. The van der Waals surface area contributed by atoms with E-state index < -0.39 is 30.9 Å². The van der Waals surface area contributed by atoms with Gasteiger partial charge < -0.3 is 10.2 Å². The second kappa shape index (κ2) is 4.95. The first-order valence-electron chi connectivity index (χ1n) is 3.90. The quantitative estimate of drug-likeness (QED) is 0.313. The fourth-order valence-corrected chi connectivity index (χ4v) is 1.28. The molecule has 1 aromatic rings. The highest BCUT2D eigenvalue weighted by Crippen LogP contribution is 2.32. The van der Waals surface area contributed by atoms with Crippen LogP contribution in [-0.2, 0) is 9.09 Å². The van der Waals surface area contributed by atoms with Crippen molar-refractivity contribution in [1.82, 2.24) is 0 Å². The van der Waals surface area contributed by atoms with E-state index in [1.807, 2.05) is 0 Å². The first-order valence-corrected chi connectivity index (χ1v) is 5.03. The summed E-state index contributed by atoms with van der Waals surface area (Å²) in [5.41, 5.74) is -0.741. The highest BCUT2D eigenvalue weighted by atomic mass is 31.1. The molecular formula is C7H7NO7P+. The fourth-order valence-electron chi connectivity index (χ4n) is 0.987. The summed E-state index contributed by atoms with van der Waals surface area (Å²) in [5.74, 6) is -0.575. The molecule has 0 heterocycles. The summed E-state index contributed by atoms with van der Waals surface area (Å²) in [6.07, 6.45) is -1.77. The summed E-state index contributed by atoms with van der Waals surface area (Å²) in [6, 6.07) is 2.95. The number of aromatic hydroxyl groups is 1. The Hall–Kier alpha value is -1.60. The molecule has 16 heavy (non-hydrogen) atoms. The molecule has 0 aliphatic carbocycles. The zero-order chi connectivity index (χ0) is 12.3. The molecule has 0 fully saturated rings. The van der Waals surface area contributed by atoms with Gasteiger partial charge in [0.05, 0.1) is 4.92 Å². The Kier molecular flexibility index (Phi) is 3.86. The zero-order valence-corrected chi connectivity index (χ0v) is 8.57. The molecule has 1 aromatic carbocycles. The van der Waals surface area contributed by atoms with E-state index in [1.165, 1.54) is 0 Å². The number of phenols is 1. The molecule has 0 bridgehead atoms. The summed E-state index contributed by atoms with van der Waals surface area (Å²) in [5, 5.41) is 28.8. The maximum Gasteiger partial charge on any atom is 0.697 e. The van der Waals surface area contributed by atoms with Crippen molar-refractivity contribution < 1.29 is 29.1 Å². The lowest BCUT2D eigenvalue weighted by atomic mass is 10.2. The number of nitro groups is 1. The molecular weight excluding hydrogens is 241 g/mol. The van der Waals surface area contributed by atoms with Gasteiger partial charge in [-0.15, -0.1) is 4.89 Å². The predicted octanol–water partition coefficient (Wildman–Crippen LogP) is 0.958. The van der Waals surface area contributed by atoms with Crippen LogP contribution < -0.4 is 0 Å². The molecule has 0 aliphatic rings. The van der Waals surface area contributed by atoms with Crippen LogP contribution in [0.1, 0.15) is 11.9 Å². The van der Waals surface area contributed by atoms with E-state index >= 15 is 0 Å². The monoisotopic (exact) mass is 248 g/mol. The van der Waals surface area contributed by atoms with Gasteiger partial charge in [0.25, 0.3) is 0 Å². The first kappa shape index (κ1) is 12.5. The Labute approximate surface area is 89.8 Å². The third-order valence-corrected chi connectivity index (χ3v) is 2.05. The number of hydrogen-bond acceptors (Lipinski definition) is 6. The van der Waals surface area contributed by atoms with E-state index in [1.54, 1.807) is 0 Å². The Morgan fingerprint density at radius 2 is 2.12 bits per heavy atom. The Bertz CT molecular complexity index is 435. The van der Waals surface area contributed by atoms with Crippen LogP contribution in [0.2, 0.25) is 0 Å². The number of phenolic OH excluding ortho intramolecular Hbond substituents is 1. The number of aliphatic hydroxyl groups excluding tert-OH is 1. The summed E-state index contributed by atoms with van der Waals surface area (Å²) < 4.78 is 14.4. The van der Waals surface area contributed by atoms with E-state index in [9.17, 15) is 19.8 Å². The summed E-state index contributed by atoms with van der Waals surface area (Å²) >= 11 is 0. The van der Waals surface area contributed by atoms with E-state index in [-0.39, 0.29) is 5.56 Å². The molecule has 1 rings (SSSR count). The summed E-state index contributed by atoms with van der Waals surface area (Å²) in [6.45, 7) is 0. The maximum absolute atomic E-state index is 10.4. The Balaban J connectivity index is 3.02. The fraction of sp³-hybridized carbons (Fsp3) is 0.143. The second-order valence-corrected chi connectivity index (χ2v) is 3.39. The molecule has 0 aromatic heterocycles. The molecule has 0 amide bonds. The SMILES string of the molecule is O=[N+]([O-])c1cc(C(O)O[P+](=O)O)ccc1O. The Morgan fingerprint density at radius 3 is 2.62 bits per heavy atom. The van der Waals surface area contributed by atoms with Crippen molar-refractivity contribution in [1.29, 1.82) is 0 Å². The van der Waals surface area contributed by atoms with E-state index in [0.717, 1.165) is 18.2 Å². The van der Waals surface area contributed by atoms with Crippen LogP contribution in [0.3, 0.4) is 0 Å². The van der Waals surface area contributed by atoms with Crippen LogP contribution in [-0.4, -0.2) is 20.0 Å². The van der Waals surface area contributed by atoms with Gasteiger partial charge in [-0.1, -0.05) is 4.52 Å². The van der Waals surface area contributed by atoms with Gasteiger partial charge in [0, 0.05) is 16.2 Å². The van der Waals surface area contributed by atoms with Gasteiger partial charge in [-0.05, 0) is 12.1 Å². The number of nitrogens with zero attached hydrogens (tertiary/aromatic N) is 1. The van der Waals surface area contributed by atoms with Crippen molar-refractivity contribution in [2.75, 3.05) is 0 Å². The molecule has 0 saturated carbocycles. The number of benzene rings is 1. The third-order valence-electron chi connectivity index (χ3n) is 1.67. The van der Waals surface area contributed by atoms with Gasteiger partial charge in [-0.2, -0.15) is 0 Å². The standard InChI is InChI=1S/C7H6NO7P/c9-6-2-1-4(3-5(6)8(11)12)7(10)15-16(13)14/h1-3,7,10H,(H-,9,13,14)/p+1. The number of nitro benzene ring substituents is 1. The molecule has 3 N–H and O–H groups in total. The Morgan fingerprint density at radius 1 is 1.50 bits per heavy atom. The van der Waals surface area contributed by atoms with Crippen LogP contribution >= 0.6 is 8.25 Å². The van der Waals surface area contributed by atoms with E-state index in [0.29, 0.717) is 0 Å². The average Bonchev–Trinajstić information content (AvgIpc) is 2.16. The number of hydrogen-bond donors (Lipinski definition) is 3. The minimum atomic E-state index is -3.03. The summed E-state index contributed by atoms with van der Waals surface area (Å²) in [7, 11) is -3.03. The van der Waals surface area contributed by atoms with Crippen LogP contribution in [0.25, 0.3) is 0 Å². The average molecular weight is 248 g/mol. The highest BCUT2D eigenvalue weighted by molar-refractivity contribution is 7.32. The number of rotatable bonds is 4. The smallest absolute Gasteiger partial charge is 0.502 e. The maximum atomic E-state index is 10.4. The van der Waals surface area contributed by atoms with Crippen LogP contribution in [0.4, 0.5) is 5.69 Å². The van der Waals surface area contributed by atoms with E-state index in [2.05, 4.69) is 4.52 Å². The molecule has 0 radical (unpaired) electrons. The van der Waals surface area contributed by atoms with Gasteiger partial charge in [0.2, 0.25) is 6.29 Å². The van der Waals surface area contributed by atoms with Gasteiger partial charge in [0.15, 0.2) is 5.75 Å². The normalized spacial score (nSPS) is 13.2. The summed E-state index contributed by atoms with van der Waals surface area (Å²) in [4.78, 5) is 17.9. The second-order valence-electron chi connectivity index (χ2n) is 2.70. The van der Waals surface area contributed by atoms with Crippen molar-refractivity contribution in [3.63, 3.8) is 0 Å². The highest BCUT2D eigenvalue weighted by Gasteiger charge is 2.25. The third kappa shape index (κ3) is 2.94. The molecule has 2 atom stereocenters. The lowest BCUT2D eigenvalue weighted by Crippen LogP contribution is -1.99. The van der Waals surface area contributed by atoms with Crippen molar-refractivity contribution in [2.45, 2.75) is 6.29 Å². The van der Waals surface area contributed by atoms with Gasteiger partial charge >= 0.3 is 13.9 Å². The molecule has 2 unspecified atom stereocenters. The molecule has 9 heteroatoms. The van der Waals surface area contributed by atoms with Crippen LogP contribution in [0.5, 0.6) is 5.75 Å². The molecule has 0 aliphatic heterocycles. The first-order chi connectivity index (χ1) is 7.41. The molecule has 0 saturated heterocycles. The zero-order valence-electron chi connectivity index (χ0n) is 7.68. The largest absolute Gasteiger partial charge is 0.697 e. The van der Waals surface area contributed by atoms with Crippen LogP contribution in [0.15, 0.2) is 18.2 Å². The predicted molar refractivity (Wildman–Crippen MR) is 50.6 cm³/mol. The number of aliphatic hydroxyl groups is 1. The van der Waals surface area contributed by atoms with Crippen molar-refractivity contribution in [3.05, 3.63) is 33.9 Å². The molecule has 0 spiro atoms.